The third kappa shape index (κ3) is 3.82. The van der Waals surface area contributed by atoms with Crippen LogP contribution in [-0.4, -0.2) is 21.6 Å². The van der Waals surface area contributed by atoms with E-state index in [0.29, 0.717) is 17.8 Å². The van der Waals surface area contributed by atoms with Gasteiger partial charge in [-0.2, -0.15) is 0 Å². The van der Waals surface area contributed by atoms with Gasteiger partial charge in [0, 0.05) is 17.8 Å². The molecule has 3 rings (SSSR count). The number of phenolic OH excluding ortho intramolecular Hbond substituents is 2. The number of nitrogens with zero attached hydrogens (tertiary/aromatic N) is 2. The molecule has 0 bridgehead atoms. The summed E-state index contributed by atoms with van der Waals surface area (Å²) < 4.78 is 0. The van der Waals surface area contributed by atoms with Crippen LogP contribution in [0, 0.1) is 5.41 Å². The second-order valence-electron chi connectivity index (χ2n) is 7.03. The molecule has 0 radical (unpaired) electrons. The van der Waals surface area contributed by atoms with Gasteiger partial charge in [0.05, 0.1) is 0 Å². The van der Waals surface area contributed by atoms with Crippen molar-refractivity contribution in [2.75, 3.05) is 0 Å². The molecule has 0 aromatic heterocycles. The molecule has 24 heavy (non-hydrogen) atoms. The Morgan fingerprint density at radius 1 is 0.750 bits per heavy atom. The number of aliphatic imine (C=N–C) groups is 2. The summed E-state index contributed by atoms with van der Waals surface area (Å²) in [5.41, 5.74) is 3.23. The Bertz CT molecular complexity index is 741. The summed E-state index contributed by atoms with van der Waals surface area (Å²) in [5, 5.41) is 19.9. The smallest absolute Gasteiger partial charge is 0.141 e. The minimum absolute atomic E-state index is 0.0463. The molecule has 2 aromatic carbocycles. The lowest BCUT2D eigenvalue weighted by Crippen LogP contribution is -2.29. The van der Waals surface area contributed by atoms with Crippen molar-refractivity contribution in [1.29, 1.82) is 0 Å². The van der Waals surface area contributed by atoms with Crippen molar-refractivity contribution >= 4 is 22.8 Å². The lowest BCUT2D eigenvalue weighted by molar-refractivity contribution is 0.389. The molecule has 0 saturated heterocycles. The largest absolute Gasteiger partial charge is 0.506 e. The van der Waals surface area contributed by atoms with Crippen molar-refractivity contribution in [2.24, 2.45) is 15.4 Å². The lowest BCUT2D eigenvalue weighted by Gasteiger charge is -2.31. The molecule has 2 aromatic rings. The number of aromatic hydroxyl groups is 2. The van der Waals surface area contributed by atoms with E-state index in [2.05, 4.69) is 23.8 Å². The molecule has 1 fully saturated rings. The van der Waals surface area contributed by atoms with Gasteiger partial charge in [-0.25, -0.2) is 0 Å². The van der Waals surface area contributed by atoms with Gasteiger partial charge in [-0.05, 0) is 42.5 Å². The van der Waals surface area contributed by atoms with Crippen molar-refractivity contribution in [3.05, 3.63) is 48.5 Å². The molecular formula is C20H22N2O2. The molecular weight excluding hydrogens is 300 g/mol. The SMILES string of the molecule is CC1(C)CC(=Nc2ccccc2O)CC(=Nc2ccccc2O)C1. The molecule has 0 amide bonds. The Balaban J connectivity index is 1.93. The zero-order valence-electron chi connectivity index (χ0n) is 14.0. The van der Waals surface area contributed by atoms with Crippen molar-refractivity contribution in [1.82, 2.24) is 0 Å². The molecule has 4 nitrogen and oxygen atoms in total. The normalized spacial score (nSPS) is 20.4. The van der Waals surface area contributed by atoms with E-state index in [-0.39, 0.29) is 16.9 Å². The summed E-state index contributed by atoms with van der Waals surface area (Å²) in [4.78, 5) is 9.30. The summed E-state index contributed by atoms with van der Waals surface area (Å²) in [6, 6.07) is 14.2. The number of hydrogen-bond donors (Lipinski definition) is 2. The molecule has 0 unspecified atom stereocenters. The number of benzene rings is 2. The van der Waals surface area contributed by atoms with Crippen LogP contribution in [0.25, 0.3) is 0 Å². The molecule has 2 N–H and O–H groups in total. The number of rotatable bonds is 2. The van der Waals surface area contributed by atoms with E-state index in [1.54, 1.807) is 24.3 Å². The maximum atomic E-state index is 9.94. The van der Waals surface area contributed by atoms with Crippen LogP contribution in [0.4, 0.5) is 11.4 Å². The molecule has 0 aliphatic heterocycles. The minimum Gasteiger partial charge on any atom is -0.506 e. The van der Waals surface area contributed by atoms with Crippen LogP contribution >= 0.6 is 0 Å². The van der Waals surface area contributed by atoms with E-state index < -0.39 is 0 Å². The van der Waals surface area contributed by atoms with Gasteiger partial charge in [0.1, 0.15) is 22.9 Å². The lowest BCUT2D eigenvalue weighted by atomic mass is 9.75. The molecule has 1 aliphatic carbocycles. The fourth-order valence-electron chi connectivity index (χ4n) is 3.14. The first-order valence-corrected chi connectivity index (χ1v) is 8.12. The van der Waals surface area contributed by atoms with Gasteiger partial charge in [0.2, 0.25) is 0 Å². The van der Waals surface area contributed by atoms with Crippen LogP contribution in [0.5, 0.6) is 11.5 Å². The van der Waals surface area contributed by atoms with Gasteiger partial charge < -0.3 is 10.2 Å². The van der Waals surface area contributed by atoms with Gasteiger partial charge in [-0.1, -0.05) is 38.1 Å². The fraction of sp³-hybridized carbons (Fsp3) is 0.300. The fourth-order valence-corrected chi connectivity index (χ4v) is 3.14. The van der Waals surface area contributed by atoms with Crippen LogP contribution in [0.3, 0.4) is 0 Å². The molecule has 124 valence electrons. The summed E-state index contributed by atoms with van der Waals surface area (Å²) in [6.07, 6.45) is 2.38. The Hall–Kier alpha value is -2.62. The highest BCUT2D eigenvalue weighted by Gasteiger charge is 2.29. The zero-order chi connectivity index (χ0) is 17.2. The zero-order valence-corrected chi connectivity index (χ0v) is 14.0. The third-order valence-electron chi connectivity index (χ3n) is 4.09. The topological polar surface area (TPSA) is 65.2 Å². The Morgan fingerprint density at radius 3 is 1.58 bits per heavy atom. The van der Waals surface area contributed by atoms with Crippen LogP contribution in [0.2, 0.25) is 0 Å². The van der Waals surface area contributed by atoms with Gasteiger partial charge in [0.25, 0.3) is 0 Å². The van der Waals surface area contributed by atoms with Gasteiger partial charge in [-0.3, -0.25) is 9.98 Å². The van der Waals surface area contributed by atoms with E-state index in [9.17, 15) is 10.2 Å². The first-order valence-electron chi connectivity index (χ1n) is 8.12. The second kappa shape index (κ2) is 6.48. The predicted molar refractivity (Wildman–Crippen MR) is 98.0 cm³/mol. The predicted octanol–water partition coefficient (Wildman–Crippen LogP) is 5.15. The van der Waals surface area contributed by atoms with E-state index in [1.165, 1.54) is 0 Å². The van der Waals surface area contributed by atoms with Crippen molar-refractivity contribution in [3.8, 4) is 11.5 Å². The van der Waals surface area contributed by atoms with Gasteiger partial charge >= 0.3 is 0 Å². The molecule has 0 spiro atoms. The van der Waals surface area contributed by atoms with Gasteiger partial charge in [-0.15, -0.1) is 0 Å². The second-order valence-corrected chi connectivity index (χ2v) is 7.03. The maximum absolute atomic E-state index is 9.94. The molecule has 4 heteroatoms. The Kier molecular flexibility index (Phi) is 4.38. The van der Waals surface area contributed by atoms with Crippen LogP contribution in [0.1, 0.15) is 33.1 Å². The van der Waals surface area contributed by atoms with Crippen molar-refractivity contribution < 1.29 is 10.2 Å². The maximum Gasteiger partial charge on any atom is 0.141 e. The highest BCUT2D eigenvalue weighted by molar-refractivity contribution is 6.09. The summed E-state index contributed by atoms with van der Waals surface area (Å²) in [7, 11) is 0. The first kappa shape index (κ1) is 16.2. The highest BCUT2D eigenvalue weighted by Crippen LogP contribution is 2.36. The first-order chi connectivity index (χ1) is 11.4. The van der Waals surface area contributed by atoms with Crippen LogP contribution in [0.15, 0.2) is 58.5 Å². The van der Waals surface area contributed by atoms with Crippen LogP contribution in [-0.2, 0) is 0 Å². The van der Waals surface area contributed by atoms with Crippen LogP contribution < -0.4 is 0 Å². The monoisotopic (exact) mass is 322 g/mol. The van der Waals surface area contributed by atoms with E-state index in [4.69, 9.17) is 0 Å². The van der Waals surface area contributed by atoms with E-state index >= 15 is 0 Å². The molecule has 0 heterocycles. The number of para-hydroxylation sites is 4. The summed E-state index contributed by atoms with van der Waals surface area (Å²) in [6.45, 7) is 4.37. The Labute approximate surface area is 142 Å². The summed E-state index contributed by atoms with van der Waals surface area (Å²) in [5.74, 6) is 0.375. The average molecular weight is 322 g/mol. The van der Waals surface area contributed by atoms with Crippen molar-refractivity contribution in [3.63, 3.8) is 0 Å². The summed E-state index contributed by atoms with van der Waals surface area (Å²) >= 11 is 0. The quantitative estimate of drug-likeness (QED) is 0.802. The molecule has 1 aliphatic rings. The van der Waals surface area contributed by atoms with E-state index in [0.717, 1.165) is 24.3 Å². The Morgan fingerprint density at radius 2 is 1.17 bits per heavy atom. The molecule has 1 saturated carbocycles. The number of phenols is 2. The van der Waals surface area contributed by atoms with Gasteiger partial charge in [0.15, 0.2) is 0 Å². The van der Waals surface area contributed by atoms with Crippen molar-refractivity contribution in [2.45, 2.75) is 33.1 Å². The third-order valence-corrected chi connectivity index (χ3v) is 4.09. The average Bonchev–Trinajstić information content (AvgIpc) is 2.50. The standard InChI is InChI=1S/C20H22N2O2/c1-20(2)12-14(21-16-7-3-5-9-18(16)23)11-15(13-20)22-17-8-4-6-10-19(17)24/h3-10,23-24H,11-13H2,1-2H3. The van der Waals surface area contributed by atoms with E-state index in [1.807, 2.05) is 24.3 Å². The highest BCUT2D eigenvalue weighted by atomic mass is 16.3. The minimum atomic E-state index is 0.0463. The molecule has 0 atom stereocenters. The number of hydrogen-bond acceptors (Lipinski definition) is 4.